The number of amides is 2. The molecule has 0 heterocycles. The van der Waals surface area contributed by atoms with Crippen LogP contribution in [0.5, 0.6) is 0 Å². The molecular weight excluding hydrogens is 432 g/mol. The molecule has 2 aromatic rings. The van der Waals surface area contributed by atoms with Gasteiger partial charge in [-0.15, -0.1) is 0 Å². The second-order valence-corrected chi connectivity index (χ2v) is 9.19. The van der Waals surface area contributed by atoms with E-state index < -0.39 is 12.1 Å². The first-order valence-corrected chi connectivity index (χ1v) is 11.9. The van der Waals surface area contributed by atoms with Crippen LogP contribution in [0.25, 0.3) is 11.1 Å². The molecule has 0 spiro atoms. The number of ether oxygens (including phenoxy) is 1. The molecule has 34 heavy (non-hydrogen) atoms. The monoisotopic (exact) mass is 466 g/mol. The smallest absolute Gasteiger partial charge is 0.407 e. The molecule has 2 aromatic carbocycles. The highest BCUT2D eigenvalue weighted by Gasteiger charge is 2.29. The summed E-state index contributed by atoms with van der Waals surface area (Å²) in [7, 11) is 0. The Morgan fingerprint density at radius 2 is 1.56 bits per heavy atom. The average Bonchev–Trinajstić information content (AvgIpc) is 3.13. The van der Waals surface area contributed by atoms with Gasteiger partial charge in [0, 0.05) is 24.9 Å². The first-order valence-electron chi connectivity index (χ1n) is 11.9. The third kappa shape index (κ3) is 6.37. The fourth-order valence-corrected chi connectivity index (χ4v) is 4.43. The summed E-state index contributed by atoms with van der Waals surface area (Å²) < 4.78 is 5.55. The molecular formula is C27H34N2O5. The normalized spacial score (nSPS) is 13.2. The molecule has 2 N–H and O–H groups in total. The van der Waals surface area contributed by atoms with E-state index in [0.717, 1.165) is 0 Å². The number of rotatable bonds is 11. The van der Waals surface area contributed by atoms with Gasteiger partial charge in [-0.05, 0) is 54.9 Å². The van der Waals surface area contributed by atoms with E-state index in [1.165, 1.54) is 27.2 Å². The van der Waals surface area contributed by atoms with Crippen LogP contribution >= 0.6 is 0 Å². The Morgan fingerprint density at radius 1 is 0.971 bits per heavy atom. The Balaban J connectivity index is 1.40. The van der Waals surface area contributed by atoms with Gasteiger partial charge in [-0.25, -0.2) is 4.79 Å². The molecule has 0 radical (unpaired) electrons. The number of carbonyl (C=O) groups excluding carboxylic acids is 2. The third-order valence-corrected chi connectivity index (χ3v) is 6.35. The Labute approximate surface area is 201 Å². The number of aliphatic carboxylic acids is 1. The molecule has 0 aromatic heterocycles. The van der Waals surface area contributed by atoms with Gasteiger partial charge < -0.3 is 20.1 Å². The molecule has 0 fully saturated rings. The lowest BCUT2D eigenvalue weighted by Crippen LogP contribution is -2.40. The Morgan fingerprint density at radius 3 is 2.12 bits per heavy atom. The zero-order valence-electron chi connectivity index (χ0n) is 20.1. The maximum absolute atomic E-state index is 12.4. The molecule has 7 nitrogen and oxygen atoms in total. The lowest BCUT2D eigenvalue weighted by atomic mass is 9.98. The summed E-state index contributed by atoms with van der Waals surface area (Å²) >= 11 is 0. The molecule has 7 heteroatoms. The maximum Gasteiger partial charge on any atom is 0.407 e. The quantitative estimate of drug-likeness (QED) is 0.502. The average molecular weight is 467 g/mol. The maximum atomic E-state index is 12.4. The summed E-state index contributed by atoms with van der Waals surface area (Å²) in [5.74, 6) is -0.939. The van der Waals surface area contributed by atoms with Crippen molar-refractivity contribution in [2.45, 2.75) is 52.0 Å². The van der Waals surface area contributed by atoms with Crippen LogP contribution in [0.3, 0.4) is 0 Å². The zero-order chi connectivity index (χ0) is 24.7. The highest BCUT2D eigenvalue weighted by Crippen LogP contribution is 2.44. The SMILES string of the molecule is CC(CCNC(=O)OCC1c2ccccc2-c2ccccc21)CCC(=O)N(CC(=O)O)C(C)C. The number of hydrogen-bond donors (Lipinski definition) is 2. The second kappa shape index (κ2) is 11.7. The predicted molar refractivity (Wildman–Crippen MR) is 131 cm³/mol. The van der Waals surface area contributed by atoms with Crippen molar-refractivity contribution in [2.75, 3.05) is 19.7 Å². The Hall–Kier alpha value is -3.35. The number of carboxylic acids is 1. The van der Waals surface area contributed by atoms with E-state index in [0.29, 0.717) is 19.4 Å². The first kappa shape index (κ1) is 25.3. The van der Waals surface area contributed by atoms with Gasteiger partial charge in [0.15, 0.2) is 0 Å². The number of nitrogens with one attached hydrogen (secondary N) is 1. The van der Waals surface area contributed by atoms with Crippen LogP contribution < -0.4 is 5.32 Å². The van der Waals surface area contributed by atoms with Gasteiger partial charge in [-0.1, -0.05) is 55.5 Å². The van der Waals surface area contributed by atoms with Crippen molar-refractivity contribution in [3.05, 3.63) is 59.7 Å². The minimum atomic E-state index is -1.01. The molecule has 1 unspecified atom stereocenters. The van der Waals surface area contributed by atoms with Gasteiger partial charge in [0.05, 0.1) is 0 Å². The van der Waals surface area contributed by atoms with Crippen LogP contribution in [0.15, 0.2) is 48.5 Å². The number of carboxylic acid groups (broad SMARTS) is 1. The van der Waals surface area contributed by atoms with E-state index in [4.69, 9.17) is 9.84 Å². The van der Waals surface area contributed by atoms with Gasteiger partial charge in [-0.3, -0.25) is 9.59 Å². The third-order valence-electron chi connectivity index (χ3n) is 6.35. The van der Waals surface area contributed by atoms with E-state index in [9.17, 15) is 14.4 Å². The number of benzene rings is 2. The van der Waals surface area contributed by atoms with Gasteiger partial charge in [-0.2, -0.15) is 0 Å². The topological polar surface area (TPSA) is 95.9 Å². The molecule has 0 bridgehead atoms. The number of fused-ring (bicyclic) bond motifs is 3. The van der Waals surface area contributed by atoms with E-state index in [1.54, 1.807) is 0 Å². The van der Waals surface area contributed by atoms with E-state index in [-0.39, 0.29) is 43.4 Å². The molecule has 1 atom stereocenters. The van der Waals surface area contributed by atoms with E-state index in [1.807, 2.05) is 45.0 Å². The summed E-state index contributed by atoms with van der Waals surface area (Å²) in [6.45, 7) is 6.08. The van der Waals surface area contributed by atoms with Crippen LogP contribution in [0.4, 0.5) is 4.79 Å². The summed E-state index contributed by atoms with van der Waals surface area (Å²) in [5.41, 5.74) is 4.73. The number of hydrogen-bond acceptors (Lipinski definition) is 4. The standard InChI is InChI=1S/C27H34N2O5/c1-18(2)29(16-26(31)32)25(30)13-12-19(3)14-15-28-27(33)34-17-24-22-10-6-4-8-20(22)21-9-5-7-11-23(21)24/h4-11,18-19,24H,12-17H2,1-3H3,(H,28,33)(H,31,32). The largest absolute Gasteiger partial charge is 0.480 e. The van der Waals surface area contributed by atoms with Crippen LogP contribution in [-0.2, 0) is 14.3 Å². The van der Waals surface area contributed by atoms with Crippen LogP contribution in [0.1, 0.15) is 57.1 Å². The van der Waals surface area contributed by atoms with Crippen LogP contribution in [-0.4, -0.2) is 53.7 Å². The van der Waals surface area contributed by atoms with Crippen LogP contribution in [0.2, 0.25) is 0 Å². The fourth-order valence-electron chi connectivity index (χ4n) is 4.43. The molecule has 0 saturated carbocycles. The van der Waals surface area contributed by atoms with Gasteiger partial charge in [0.2, 0.25) is 5.91 Å². The van der Waals surface area contributed by atoms with Gasteiger partial charge >= 0.3 is 12.1 Å². The summed E-state index contributed by atoms with van der Waals surface area (Å²) in [5, 5.41) is 11.8. The molecule has 1 aliphatic rings. The van der Waals surface area contributed by atoms with Crippen molar-refractivity contribution < 1.29 is 24.2 Å². The summed E-state index contributed by atoms with van der Waals surface area (Å²) in [4.78, 5) is 37.0. The zero-order valence-corrected chi connectivity index (χ0v) is 20.1. The van der Waals surface area contributed by atoms with E-state index in [2.05, 4.69) is 29.6 Å². The highest BCUT2D eigenvalue weighted by molar-refractivity contribution is 5.81. The Bertz CT molecular complexity index is 974. The molecule has 2 amide bonds. The van der Waals surface area contributed by atoms with Crippen molar-refractivity contribution in [3.63, 3.8) is 0 Å². The highest BCUT2D eigenvalue weighted by atomic mass is 16.5. The minimum absolute atomic E-state index is 0.0257. The number of alkyl carbamates (subject to hydrolysis) is 1. The molecule has 0 aliphatic heterocycles. The van der Waals surface area contributed by atoms with Crippen molar-refractivity contribution in [3.8, 4) is 11.1 Å². The van der Waals surface area contributed by atoms with Crippen molar-refractivity contribution in [1.29, 1.82) is 0 Å². The fraction of sp³-hybridized carbons (Fsp3) is 0.444. The summed E-state index contributed by atoms with van der Waals surface area (Å²) in [6.07, 6.45) is 1.18. The van der Waals surface area contributed by atoms with Gasteiger partial charge in [0.1, 0.15) is 13.2 Å². The van der Waals surface area contributed by atoms with Crippen molar-refractivity contribution in [2.24, 2.45) is 5.92 Å². The molecule has 0 saturated heterocycles. The lowest BCUT2D eigenvalue weighted by Gasteiger charge is -2.25. The van der Waals surface area contributed by atoms with Crippen LogP contribution in [0, 0.1) is 5.92 Å². The number of carbonyl (C=O) groups is 3. The van der Waals surface area contributed by atoms with E-state index >= 15 is 0 Å². The minimum Gasteiger partial charge on any atom is -0.480 e. The number of nitrogens with zero attached hydrogens (tertiary/aromatic N) is 1. The first-order chi connectivity index (χ1) is 16.3. The molecule has 3 rings (SSSR count). The second-order valence-electron chi connectivity index (χ2n) is 9.19. The van der Waals surface area contributed by atoms with Gasteiger partial charge in [0.25, 0.3) is 0 Å². The van der Waals surface area contributed by atoms with Crippen molar-refractivity contribution >= 4 is 18.0 Å². The lowest BCUT2D eigenvalue weighted by molar-refractivity contribution is -0.145. The molecule has 1 aliphatic carbocycles. The molecule has 182 valence electrons. The van der Waals surface area contributed by atoms with Crippen molar-refractivity contribution in [1.82, 2.24) is 10.2 Å². The predicted octanol–water partition coefficient (Wildman–Crippen LogP) is 4.65. The summed E-state index contributed by atoms with van der Waals surface area (Å²) in [6, 6.07) is 16.3. The Kier molecular flexibility index (Phi) is 8.68.